The van der Waals surface area contributed by atoms with Gasteiger partial charge >= 0.3 is 11.8 Å². The van der Waals surface area contributed by atoms with Gasteiger partial charge in [0.1, 0.15) is 5.82 Å². The quantitative estimate of drug-likeness (QED) is 0.745. The Balaban J connectivity index is 2.08. The van der Waals surface area contributed by atoms with Crippen molar-refractivity contribution in [2.24, 2.45) is 0 Å². The number of hydrogen-bond donors (Lipinski definition) is 2. The molecule has 5 nitrogen and oxygen atoms in total. The standard InChI is InChI=1S/C13H14BrF2N3O2/c14-9-6-8(15)7-10(16)11(9)18-12(20)13(21)19-4-1-2-17-3-5-19/h6-7,17H,1-5H2,(H,18,20). The maximum atomic E-state index is 13.6. The first-order valence-electron chi connectivity index (χ1n) is 6.44. The Bertz CT molecular complexity index is 537. The molecular weight excluding hydrogens is 348 g/mol. The molecule has 0 bridgehead atoms. The number of carbonyl (C=O) groups excluding carboxylic acids is 2. The Morgan fingerprint density at radius 3 is 2.71 bits per heavy atom. The number of anilines is 1. The van der Waals surface area contributed by atoms with E-state index in [0.717, 1.165) is 19.0 Å². The van der Waals surface area contributed by atoms with Crippen LogP contribution in [0.3, 0.4) is 0 Å². The molecule has 1 fully saturated rings. The summed E-state index contributed by atoms with van der Waals surface area (Å²) in [6.07, 6.45) is 0.744. The third-order valence-electron chi connectivity index (χ3n) is 3.07. The maximum Gasteiger partial charge on any atom is 0.314 e. The van der Waals surface area contributed by atoms with Crippen LogP contribution in [-0.2, 0) is 9.59 Å². The van der Waals surface area contributed by atoms with Crippen molar-refractivity contribution in [2.75, 3.05) is 31.5 Å². The summed E-state index contributed by atoms with van der Waals surface area (Å²) in [5.41, 5.74) is -0.248. The van der Waals surface area contributed by atoms with Crippen LogP contribution in [0.2, 0.25) is 0 Å². The average Bonchev–Trinajstić information content (AvgIpc) is 2.70. The van der Waals surface area contributed by atoms with Crippen molar-refractivity contribution < 1.29 is 18.4 Å². The molecule has 1 aromatic carbocycles. The van der Waals surface area contributed by atoms with E-state index in [4.69, 9.17) is 0 Å². The van der Waals surface area contributed by atoms with Crippen LogP contribution in [0.5, 0.6) is 0 Å². The van der Waals surface area contributed by atoms with Crippen molar-refractivity contribution in [2.45, 2.75) is 6.42 Å². The topological polar surface area (TPSA) is 61.4 Å². The highest BCUT2D eigenvalue weighted by molar-refractivity contribution is 9.10. The summed E-state index contributed by atoms with van der Waals surface area (Å²) in [6.45, 7) is 2.27. The Morgan fingerprint density at radius 2 is 2.00 bits per heavy atom. The molecule has 1 heterocycles. The van der Waals surface area contributed by atoms with Gasteiger partial charge in [-0.2, -0.15) is 0 Å². The first-order valence-corrected chi connectivity index (χ1v) is 7.24. The summed E-state index contributed by atoms with van der Waals surface area (Å²) < 4.78 is 26.6. The molecule has 1 saturated heterocycles. The number of carbonyl (C=O) groups is 2. The van der Waals surface area contributed by atoms with E-state index in [1.165, 1.54) is 4.90 Å². The smallest absolute Gasteiger partial charge is 0.314 e. The van der Waals surface area contributed by atoms with Gasteiger partial charge in [0.25, 0.3) is 0 Å². The largest absolute Gasteiger partial charge is 0.333 e. The lowest BCUT2D eigenvalue weighted by atomic mass is 10.3. The summed E-state index contributed by atoms with van der Waals surface area (Å²) in [7, 11) is 0. The summed E-state index contributed by atoms with van der Waals surface area (Å²) >= 11 is 2.95. The predicted octanol–water partition coefficient (Wildman–Crippen LogP) is 1.49. The van der Waals surface area contributed by atoms with E-state index >= 15 is 0 Å². The molecular formula is C13H14BrF2N3O2. The van der Waals surface area contributed by atoms with Crippen LogP contribution >= 0.6 is 15.9 Å². The van der Waals surface area contributed by atoms with E-state index in [2.05, 4.69) is 26.6 Å². The Labute approximate surface area is 128 Å². The monoisotopic (exact) mass is 361 g/mol. The Morgan fingerprint density at radius 1 is 1.24 bits per heavy atom. The second kappa shape index (κ2) is 6.95. The van der Waals surface area contributed by atoms with Crippen molar-refractivity contribution in [1.82, 2.24) is 10.2 Å². The van der Waals surface area contributed by atoms with Crippen LogP contribution in [0.15, 0.2) is 16.6 Å². The van der Waals surface area contributed by atoms with Gasteiger partial charge in [0.05, 0.1) is 5.69 Å². The molecule has 0 aromatic heterocycles. The molecule has 0 unspecified atom stereocenters. The van der Waals surface area contributed by atoms with Gasteiger partial charge in [-0.05, 0) is 35.0 Å². The van der Waals surface area contributed by atoms with Gasteiger partial charge in [-0.25, -0.2) is 8.78 Å². The summed E-state index contributed by atoms with van der Waals surface area (Å²) in [5.74, 6) is -3.39. The van der Waals surface area contributed by atoms with Crippen molar-refractivity contribution in [3.63, 3.8) is 0 Å². The zero-order chi connectivity index (χ0) is 15.4. The summed E-state index contributed by atoms with van der Waals surface area (Å²) in [4.78, 5) is 25.3. The Hall–Kier alpha value is -1.54. The lowest BCUT2D eigenvalue weighted by Gasteiger charge is -2.19. The number of hydrogen-bond acceptors (Lipinski definition) is 3. The normalized spacial score (nSPS) is 15.5. The van der Waals surface area contributed by atoms with E-state index in [1.807, 2.05) is 0 Å². The lowest BCUT2D eigenvalue weighted by Crippen LogP contribution is -2.41. The fraction of sp³-hybridized carbons (Fsp3) is 0.385. The van der Waals surface area contributed by atoms with Crippen LogP contribution in [0.1, 0.15) is 6.42 Å². The molecule has 2 rings (SSSR count). The molecule has 0 saturated carbocycles. The van der Waals surface area contributed by atoms with E-state index in [-0.39, 0.29) is 10.2 Å². The van der Waals surface area contributed by atoms with Crippen molar-refractivity contribution in [3.05, 3.63) is 28.2 Å². The van der Waals surface area contributed by atoms with Crippen molar-refractivity contribution in [1.29, 1.82) is 0 Å². The van der Waals surface area contributed by atoms with Crippen molar-refractivity contribution >= 4 is 33.4 Å². The lowest BCUT2D eigenvalue weighted by molar-refractivity contribution is -0.143. The highest BCUT2D eigenvalue weighted by Crippen LogP contribution is 2.26. The van der Waals surface area contributed by atoms with E-state index in [0.29, 0.717) is 25.7 Å². The third-order valence-corrected chi connectivity index (χ3v) is 3.69. The molecule has 1 aliphatic heterocycles. The zero-order valence-electron chi connectivity index (χ0n) is 11.1. The minimum Gasteiger partial charge on any atom is -0.333 e. The zero-order valence-corrected chi connectivity index (χ0v) is 12.7. The first-order chi connectivity index (χ1) is 9.99. The molecule has 0 radical (unpaired) electrons. The van der Waals surface area contributed by atoms with Gasteiger partial charge in [0.15, 0.2) is 5.82 Å². The highest BCUT2D eigenvalue weighted by atomic mass is 79.9. The van der Waals surface area contributed by atoms with Gasteiger partial charge in [-0.1, -0.05) is 0 Å². The highest BCUT2D eigenvalue weighted by Gasteiger charge is 2.24. The molecule has 0 aliphatic carbocycles. The SMILES string of the molecule is O=C(Nc1c(F)cc(F)cc1Br)C(=O)N1CCCNCC1. The van der Waals surface area contributed by atoms with Crippen LogP contribution < -0.4 is 10.6 Å². The minimum atomic E-state index is -0.944. The van der Waals surface area contributed by atoms with Gasteiger partial charge in [-0.15, -0.1) is 0 Å². The number of nitrogens with one attached hydrogen (secondary N) is 2. The summed E-state index contributed by atoms with van der Waals surface area (Å²) in [5, 5.41) is 5.29. The predicted molar refractivity (Wildman–Crippen MR) is 76.8 cm³/mol. The minimum absolute atomic E-state index is 0.0404. The fourth-order valence-electron chi connectivity index (χ4n) is 2.02. The Kier molecular flexibility index (Phi) is 5.24. The average molecular weight is 362 g/mol. The third kappa shape index (κ3) is 3.98. The second-order valence-electron chi connectivity index (χ2n) is 4.59. The van der Waals surface area contributed by atoms with Crippen LogP contribution in [0.4, 0.5) is 14.5 Å². The number of amides is 2. The molecule has 1 aromatic rings. The summed E-state index contributed by atoms with van der Waals surface area (Å²) in [6, 6.07) is 1.65. The van der Waals surface area contributed by atoms with Gasteiger partial charge < -0.3 is 15.5 Å². The van der Waals surface area contributed by atoms with Crippen LogP contribution in [-0.4, -0.2) is 42.9 Å². The molecule has 2 amide bonds. The number of rotatable bonds is 1. The second-order valence-corrected chi connectivity index (χ2v) is 5.45. The molecule has 1 aliphatic rings. The van der Waals surface area contributed by atoms with Crippen molar-refractivity contribution in [3.8, 4) is 0 Å². The van der Waals surface area contributed by atoms with E-state index in [9.17, 15) is 18.4 Å². The van der Waals surface area contributed by atoms with Gasteiger partial charge in [-0.3, -0.25) is 9.59 Å². The van der Waals surface area contributed by atoms with E-state index < -0.39 is 23.4 Å². The molecule has 0 atom stereocenters. The number of benzene rings is 1. The molecule has 2 N–H and O–H groups in total. The van der Waals surface area contributed by atoms with E-state index in [1.54, 1.807) is 0 Å². The first kappa shape index (κ1) is 15.8. The molecule has 8 heteroatoms. The molecule has 114 valence electrons. The number of halogens is 3. The molecule has 21 heavy (non-hydrogen) atoms. The fourth-order valence-corrected chi connectivity index (χ4v) is 2.53. The number of nitrogens with zero attached hydrogens (tertiary/aromatic N) is 1. The van der Waals surface area contributed by atoms with Gasteiger partial charge in [0.2, 0.25) is 0 Å². The van der Waals surface area contributed by atoms with Gasteiger partial charge in [0, 0.05) is 30.2 Å². The molecule has 0 spiro atoms. The maximum absolute atomic E-state index is 13.6. The van der Waals surface area contributed by atoms with Crippen LogP contribution in [0, 0.1) is 11.6 Å². The van der Waals surface area contributed by atoms with Crippen LogP contribution in [0.25, 0.3) is 0 Å².